The van der Waals surface area contributed by atoms with Gasteiger partial charge in [-0.1, -0.05) is 51.1 Å². The predicted octanol–water partition coefficient (Wildman–Crippen LogP) is 3.68. The van der Waals surface area contributed by atoms with Crippen molar-refractivity contribution < 1.29 is 9.90 Å². The van der Waals surface area contributed by atoms with Crippen LogP contribution in [0.2, 0.25) is 0 Å². The molecule has 0 saturated heterocycles. The number of rotatable bonds is 5. The van der Waals surface area contributed by atoms with Gasteiger partial charge in [-0.15, -0.1) is 0 Å². The molecule has 4 nitrogen and oxygen atoms in total. The van der Waals surface area contributed by atoms with Crippen LogP contribution in [0, 0.1) is 0 Å². The van der Waals surface area contributed by atoms with Crippen molar-refractivity contribution in [3.8, 4) is 5.75 Å². The van der Waals surface area contributed by atoms with E-state index in [-0.39, 0.29) is 17.1 Å². The summed E-state index contributed by atoms with van der Waals surface area (Å²) in [5.74, 6) is -0.257. The molecule has 4 heteroatoms. The molecule has 0 aliphatic rings. The Balaban J connectivity index is 2.05. The van der Waals surface area contributed by atoms with Gasteiger partial charge < -0.3 is 15.3 Å². The van der Waals surface area contributed by atoms with Crippen LogP contribution in [0.25, 0.3) is 0 Å². The van der Waals surface area contributed by atoms with Crippen LogP contribution in [-0.4, -0.2) is 30.0 Å². The van der Waals surface area contributed by atoms with Crippen LogP contribution in [-0.2, 0) is 18.5 Å². The maximum absolute atomic E-state index is 12.5. The van der Waals surface area contributed by atoms with Gasteiger partial charge in [0.05, 0.1) is 5.56 Å². The third-order valence-corrected chi connectivity index (χ3v) is 4.08. The molecule has 0 fully saturated rings. The van der Waals surface area contributed by atoms with E-state index in [1.807, 2.05) is 32.3 Å². The number of carbonyl (C=O) groups is 1. The molecule has 0 unspecified atom stereocenters. The molecule has 0 atom stereocenters. The highest BCUT2D eigenvalue weighted by molar-refractivity contribution is 5.97. The molecule has 1 amide bonds. The van der Waals surface area contributed by atoms with Gasteiger partial charge in [0, 0.05) is 13.1 Å². The predicted molar refractivity (Wildman–Crippen MR) is 102 cm³/mol. The highest BCUT2D eigenvalue weighted by Crippen LogP contribution is 2.27. The molecular weight excluding hydrogens is 312 g/mol. The number of benzene rings is 2. The largest absolute Gasteiger partial charge is 0.507 e. The second-order valence-electron chi connectivity index (χ2n) is 7.72. The lowest BCUT2D eigenvalue weighted by atomic mass is 9.86. The van der Waals surface area contributed by atoms with Crippen LogP contribution >= 0.6 is 0 Å². The summed E-state index contributed by atoms with van der Waals surface area (Å²) in [7, 11) is 4.07. The van der Waals surface area contributed by atoms with Crippen LogP contribution in [0.15, 0.2) is 42.5 Å². The minimum Gasteiger partial charge on any atom is -0.507 e. The zero-order valence-electron chi connectivity index (χ0n) is 15.8. The first-order valence-electron chi connectivity index (χ1n) is 8.51. The highest BCUT2D eigenvalue weighted by atomic mass is 16.3. The van der Waals surface area contributed by atoms with E-state index in [2.05, 4.69) is 43.1 Å². The Morgan fingerprint density at radius 2 is 1.64 bits per heavy atom. The Hall–Kier alpha value is -2.33. The molecule has 0 spiro atoms. The molecule has 2 aromatic rings. The first-order chi connectivity index (χ1) is 11.7. The summed E-state index contributed by atoms with van der Waals surface area (Å²) in [4.78, 5) is 14.6. The Bertz CT molecular complexity index is 729. The Morgan fingerprint density at radius 3 is 2.20 bits per heavy atom. The van der Waals surface area contributed by atoms with Crippen molar-refractivity contribution in [1.29, 1.82) is 0 Å². The van der Waals surface area contributed by atoms with Gasteiger partial charge >= 0.3 is 0 Å². The van der Waals surface area contributed by atoms with Crippen molar-refractivity contribution in [2.45, 2.75) is 39.3 Å². The molecule has 0 heterocycles. The van der Waals surface area contributed by atoms with E-state index >= 15 is 0 Å². The molecule has 134 valence electrons. The summed E-state index contributed by atoms with van der Waals surface area (Å²) in [6.07, 6.45) is 0. The summed E-state index contributed by atoms with van der Waals surface area (Å²) in [5.41, 5.74) is 3.52. The third-order valence-electron chi connectivity index (χ3n) is 4.08. The van der Waals surface area contributed by atoms with Crippen LogP contribution < -0.4 is 5.32 Å². The van der Waals surface area contributed by atoms with E-state index in [9.17, 15) is 9.90 Å². The number of hydrogen-bond donors (Lipinski definition) is 2. The molecule has 0 bridgehead atoms. The maximum Gasteiger partial charge on any atom is 0.255 e. The number of phenolic OH excluding ortho intramolecular Hbond substituents is 1. The monoisotopic (exact) mass is 340 g/mol. The zero-order chi connectivity index (χ0) is 18.6. The fraction of sp³-hybridized carbons (Fsp3) is 0.381. The molecule has 0 radical (unpaired) electrons. The van der Waals surface area contributed by atoms with Crippen molar-refractivity contribution in [2.75, 3.05) is 14.1 Å². The quantitative estimate of drug-likeness (QED) is 0.873. The lowest BCUT2D eigenvalue weighted by Crippen LogP contribution is -2.23. The number of nitrogens with zero attached hydrogens (tertiary/aromatic N) is 1. The molecule has 2 aromatic carbocycles. The SMILES string of the molecule is CN(C)Cc1ccc(CNC(=O)c2cc(C(C)(C)C)ccc2O)cc1. The van der Waals surface area contributed by atoms with Crippen molar-refractivity contribution in [3.63, 3.8) is 0 Å². The maximum atomic E-state index is 12.5. The van der Waals surface area contributed by atoms with E-state index in [1.165, 1.54) is 5.56 Å². The minimum absolute atomic E-state index is 0.00632. The molecule has 25 heavy (non-hydrogen) atoms. The van der Waals surface area contributed by atoms with Crippen LogP contribution in [0.5, 0.6) is 5.75 Å². The lowest BCUT2D eigenvalue weighted by molar-refractivity contribution is 0.0948. The number of hydrogen-bond acceptors (Lipinski definition) is 3. The number of nitrogens with one attached hydrogen (secondary N) is 1. The van der Waals surface area contributed by atoms with Gasteiger partial charge in [-0.2, -0.15) is 0 Å². The lowest BCUT2D eigenvalue weighted by Gasteiger charge is -2.20. The first kappa shape index (κ1) is 19.0. The Kier molecular flexibility index (Phi) is 5.85. The van der Waals surface area contributed by atoms with Gasteiger partial charge in [0.15, 0.2) is 0 Å². The van der Waals surface area contributed by atoms with Gasteiger partial charge in [-0.25, -0.2) is 0 Å². The third kappa shape index (κ3) is 5.33. The average molecular weight is 340 g/mol. The standard InChI is InChI=1S/C21H28N2O2/c1-21(2,3)17-10-11-19(24)18(12-17)20(25)22-13-15-6-8-16(9-7-15)14-23(4)5/h6-12,24H,13-14H2,1-5H3,(H,22,25). The van der Waals surface area contributed by atoms with Crippen LogP contribution in [0.3, 0.4) is 0 Å². The molecule has 0 aromatic heterocycles. The highest BCUT2D eigenvalue weighted by Gasteiger charge is 2.18. The van der Waals surface area contributed by atoms with E-state index in [0.717, 1.165) is 17.7 Å². The average Bonchev–Trinajstić information content (AvgIpc) is 2.52. The van der Waals surface area contributed by atoms with Crippen molar-refractivity contribution in [2.24, 2.45) is 0 Å². The second-order valence-corrected chi connectivity index (χ2v) is 7.72. The van der Waals surface area contributed by atoms with E-state index in [4.69, 9.17) is 0 Å². The molecule has 0 aliphatic carbocycles. The van der Waals surface area contributed by atoms with Gasteiger partial charge in [-0.05, 0) is 48.3 Å². The van der Waals surface area contributed by atoms with Crippen LogP contribution in [0.1, 0.15) is 47.8 Å². The van der Waals surface area contributed by atoms with Gasteiger partial charge in [0.1, 0.15) is 5.75 Å². The van der Waals surface area contributed by atoms with E-state index < -0.39 is 0 Å². The summed E-state index contributed by atoms with van der Waals surface area (Å²) in [6.45, 7) is 7.56. The molecular formula is C21H28N2O2. The Labute approximate surface area is 150 Å². The number of phenols is 1. The van der Waals surface area contributed by atoms with E-state index in [1.54, 1.807) is 12.1 Å². The van der Waals surface area contributed by atoms with Crippen molar-refractivity contribution in [1.82, 2.24) is 10.2 Å². The summed E-state index contributed by atoms with van der Waals surface area (Å²) in [6, 6.07) is 13.4. The number of amides is 1. The van der Waals surface area contributed by atoms with Crippen LogP contribution in [0.4, 0.5) is 0 Å². The molecule has 0 aliphatic heterocycles. The first-order valence-corrected chi connectivity index (χ1v) is 8.51. The molecule has 2 N–H and O–H groups in total. The summed E-state index contributed by atoms with van der Waals surface area (Å²) < 4.78 is 0. The van der Waals surface area contributed by atoms with Gasteiger partial charge in [0.25, 0.3) is 5.91 Å². The fourth-order valence-electron chi connectivity index (χ4n) is 2.59. The topological polar surface area (TPSA) is 52.6 Å². The number of aromatic hydroxyl groups is 1. The van der Waals surface area contributed by atoms with Crippen molar-refractivity contribution >= 4 is 5.91 Å². The number of carbonyl (C=O) groups excluding carboxylic acids is 1. The summed E-state index contributed by atoms with van der Waals surface area (Å²) in [5, 5.41) is 12.9. The Morgan fingerprint density at radius 1 is 1.04 bits per heavy atom. The van der Waals surface area contributed by atoms with Crippen molar-refractivity contribution in [3.05, 3.63) is 64.7 Å². The molecule has 0 saturated carbocycles. The zero-order valence-corrected chi connectivity index (χ0v) is 15.8. The molecule has 2 rings (SSSR count). The minimum atomic E-state index is -0.263. The fourth-order valence-corrected chi connectivity index (χ4v) is 2.59. The van der Waals surface area contributed by atoms with Gasteiger partial charge in [-0.3, -0.25) is 4.79 Å². The summed E-state index contributed by atoms with van der Waals surface area (Å²) >= 11 is 0. The normalized spacial score (nSPS) is 11.6. The van der Waals surface area contributed by atoms with E-state index in [0.29, 0.717) is 12.1 Å². The smallest absolute Gasteiger partial charge is 0.255 e. The second kappa shape index (κ2) is 7.70. The van der Waals surface area contributed by atoms with Gasteiger partial charge in [0.2, 0.25) is 0 Å².